The lowest BCUT2D eigenvalue weighted by molar-refractivity contribution is 1.23. The first-order chi connectivity index (χ1) is 8.06. The lowest BCUT2D eigenvalue weighted by Gasteiger charge is -2.07. The maximum Gasteiger partial charge on any atom is 0.0358 e. The summed E-state index contributed by atoms with van der Waals surface area (Å²) in [6.45, 7) is 6.45. The Morgan fingerprint density at radius 1 is 0.882 bits per heavy atom. The monoisotopic (exact) mass is 223 g/mol. The molecule has 0 saturated heterocycles. The summed E-state index contributed by atoms with van der Waals surface area (Å²) in [5.41, 5.74) is 16.5. The minimum absolute atomic E-state index is 0.937. The van der Waals surface area contributed by atoms with Crippen LogP contribution in [0, 0.1) is 20.8 Å². The molecule has 0 atom stereocenters. The van der Waals surface area contributed by atoms with Crippen molar-refractivity contribution in [3.8, 4) is 11.1 Å². The second-order valence-electron chi connectivity index (χ2n) is 5.15. The van der Waals surface area contributed by atoms with E-state index in [2.05, 4.69) is 45.0 Å². The highest BCUT2D eigenvalue weighted by Crippen LogP contribution is 2.41. The van der Waals surface area contributed by atoms with Crippen LogP contribution in [0.4, 0.5) is 5.69 Å². The molecule has 1 aliphatic rings. The third-order valence-electron chi connectivity index (χ3n) is 3.81. The Balaban J connectivity index is 2.30. The molecule has 1 nitrogen and oxygen atoms in total. The second-order valence-corrected chi connectivity index (χ2v) is 5.15. The predicted molar refractivity (Wildman–Crippen MR) is 73.3 cm³/mol. The highest BCUT2D eigenvalue weighted by molar-refractivity contribution is 5.82. The van der Waals surface area contributed by atoms with Crippen LogP contribution in [0.5, 0.6) is 0 Å². The molecule has 17 heavy (non-hydrogen) atoms. The average Bonchev–Trinajstić information content (AvgIpc) is 2.58. The molecular weight excluding hydrogens is 206 g/mol. The number of aryl methyl sites for hydroxylation is 3. The van der Waals surface area contributed by atoms with Gasteiger partial charge in [0.25, 0.3) is 0 Å². The van der Waals surface area contributed by atoms with E-state index in [-0.39, 0.29) is 0 Å². The second kappa shape index (κ2) is 3.36. The van der Waals surface area contributed by atoms with Gasteiger partial charge in [0.05, 0.1) is 0 Å². The van der Waals surface area contributed by atoms with Crippen LogP contribution >= 0.6 is 0 Å². The summed E-state index contributed by atoms with van der Waals surface area (Å²) in [6, 6.07) is 8.94. The maximum atomic E-state index is 6.13. The Bertz CT molecular complexity index is 624. The highest BCUT2D eigenvalue weighted by atomic mass is 14.6. The summed E-state index contributed by atoms with van der Waals surface area (Å²) in [6.07, 6.45) is 0.984. The number of nitrogen functional groups attached to an aromatic ring is 1. The number of benzene rings is 2. The summed E-state index contributed by atoms with van der Waals surface area (Å²) in [7, 11) is 0. The third-order valence-corrected chi connectivity index (χ3v) is 3.81. The van der Waals surface area contributed by atoms with E-state index in [1.165, 1.54) is 38.9 Å². The van der Waals surface area contributed by atoms with E-state index in [1.807, 2.05) is 0 Å². The van der Waals surface area contributed by atoms with Crippen LogP contribution in [0.3, 0.4) is 0 Å². The molecule has 0 aromatic heterocycles. The summed E-state index contributed by atoms with van der Waals surface area (Å²) < 4.78 is 0. The first kappa shape index (κ1) is 10.4. The molecule has 86 valence electrons. The minimum atomic E-state index is 0.937. The van der Waals surface area contributed by atoms with Gasteiger partial charge in [0.1, 0.15) is 0 Å². The lowest BCUT2D eigenvalue weighted by atomic mass is 9.99. The highest BCUT2D eigenvalue weighted by Gasteiger charge is 2.21. The Labute approximate surface area is 102 Å². The van der Waals surface area contributed by atoms with Crippen LogP contribution in [-0.4, -0.2) is 0 Å². The molecule has 2 aromatic rings. The first-order valence-electron chi connectivity index (χ1n) is 6.06. The van der Waals surface area contributed by atoms with E-state index in [9.17, 15) is 0 Å². The van der Waals surface area contributed by atoms with Crippen molar-refractivity contribution in [3.05, 3.63) is 52.1 Å². The molecule has 3 rings (SSSR count). The van der Waals surface area contributed by atoms with Crippen molar-refractivity contribution < 1.29 is 0 Å². The molecule has 2 aromatic carbocycles. The molecule has 0 aliphatic heterocycles. The van der Waals surface area contributed by atoms with Gasteiger partial charge in [0.2, 0.25) is 0 Å². The number of hydrogen-bond donors (Lipinski definition) is 1. The Hall–Kier alpha value is -1.76. The fraction of sp³-hybridized carbons (Fsp3) is 0.250. The molecular formula is C16H17N. The molecule has 0 fully saturated rings. The lowest BCUT2D eigenvalue weighted by Crippen LogP contribution is -1.93. The van der Waals surface area contributed by atoms with Crippen LogP contribution in [0.2, 0.25) is 0 Å². The Morgan fingerprint density at radius 2 is 1.59 bits per heavy atom. The van der Waals surface area contributed by atoms with Gasteiger partial charge in [-0.15, -0.1) is 0 Å². The Morgan fingerprint density at radius 3 is 2.35 bits per heavy atom. The molecule has 0 amide bonds. The first-order valence-corrected chi connectivity index (χ1v) is 6.06. The summed E-state index contributed by atoms with van der Waals surface area (Å²) in [5, 5.41) is 0. The molecule has 0 heterocycles. The zero-order chi connectivity index (χ0) is 12.2. The predicted octanol–water partition coefficient (Wildman–Crippen LogP) is 3.77. The Kier molecular flexibility index (Phi) is 2.06. The molecule has 0 saturated carbocycles. The van der Waals surface area contributed by atoms with Crippen molar-refractivity contribution in [2.24, 2.45) is 0 Å². The van der Waals surface area contributed by atoms with Gasteiger partial charge in [0, 0.05) is 12.1 Å². The van der Waals surface area contributed by atoms with Gasteiger partial charge in [-0.2, -0.15) is 0 Å². The van der Waals surface area contributed by atoms with E-state index in [4.69, 9.17) is 5.73 Å². The van der Waals surface area contributed by atoms with Crippen molar-refractivity contribution in [1.82, 2.24) is 0 Å². The number of anilines is 1. The van der Waals surface area contributed by atoms with Crippen molar-refractivity contribution in [3.63, 3.8) is 0 Å². The van der Waals surface area contributed by atoms with Crippen molar-refractivity contribution in [1.29, 1.82) is 0 Å². The molecule has 0 spiro atoms. The van der Waals surface area contributed by atoms with Gasteiger partial charge >= 0.3 is 0 Å². The zero-order valence-corrected chi connectivity index (χ0v) is 10.6. The van der Waals surface area contributed by atoms with Crippen molar-refractivity contribution in [2.75, 3.05) is 5.73 Å². The molecule has 1 heteroatoms. The van der Waals surface area contributed by atoms with Gasteiger partial charge in [0.15, 0.2) is 0 Å². The van der Waals surface area contributed by atoms with Crippen LogP contribution in [0.15, 0.2) is 24.3 Å². The molecule has 1 aliphatic carbocycles. The van der Waals surface area contributed by atoms with Crippen LogP contribution in [-0.2, 0) is 6.42 Å². The smallest absolute Gasteiger partial charge is 0.0358 e. The average molecular weight is 223 g/mol. The van der Waals surface area contributed by atoms with Gasteiger partial charge in [-0.3, -0.25) is 0 Å². The van der Waals surface area contributed by atoms with E-state index in [0.717, 1.165) is 12.1 Å². The maximum absolute atomic E-state index is 6.13. The number of hydrogen-bond acceptors (Lipinski definition) is 1. The number of nitrogens with two attached hydrogens (primary N) is 1. The van der Waals surface area contributed by atoms with Gasteiger partial charge in [-0.1, -0.05) is 18.2 Å². The summed E-state index contributed by atoms with van der Waals surface area (Å²) >= 11 is 0. The van der Waals surface area contributed by atoms with Crippen molar-refractivity contribution in [2.45, 2.75) is 27.2 Å². The van der Waals surface area contributed by atoms with Crippen LogP contribution in [0.1, 0.15) is 27.8 Å². The molecule has 2 N–H and O–H groups in total. The number of rotatable bonds is 0. The zero-order valence-electron chi connectivity index (χ0n) is 10.6. The van der Waals surface area contributed by atoms with E-state index in [0.29, 0.717) is 0 Å². The SMILES string of the molecule is Cc1cc(N)c2c(c1)-c1cc(C)c(C)cc1C2. The van der Waals surface area contributed by atoms with E-state index in [1.54, 1.807) is 0 Å². The number of fused-ring (bicyclic) bond motifs is 3. The topological polar surface area (TPSA) is 26.0 Å². The van der Waals surface area contributed by atoms with Crippen LogP contribution in [0.25, 0.3) is 11.1 Å². The summed E-state index contributed by atoms with van der Waals surface area (Å²) in [5.74, 6) is 0. The molecule has 0 radical (unpaired) electrons. The van der Waals surface area contributed by atoms with E-state index < -0.39 is 0 Å². The van der Waals surface area contributed by atoms with Crippen molar-refractivity contribution >= 4 is 5.69 Å². The third kappa shape index (κ3) is 1.46. The fourth-order valence-corrected chi connectivity index (χ4v) is 2.75. The quantitative estimate of drug-likeness (QED) is 0.577. The van der Waals surface area contributed by atoms with Gasteiger partial charge < -0.3 is 5.73 Å². The summed E-state index contributed by atoms with van der Waals surface area (Å²) in [4.78, 5) is 0. The normalized spacial score (nSPS) is 12.4. The fourth-order valence-electron chi connectivity index (χ4n) is 2.75. The molecule has 0 bridgehead atoms. The van der Waals surface area contributed by atoms with Gasteiger partial charge in [-0.25, -0.2) is 0 Å². The van der Waals surface area contributed by atoms with Gasteiger partial charge in [-0.05, 0) is 65.8 Å². The largest absolute Gasteiger partial charge is 0.398 e. The van der Waals surface area contributed by atoms with Crippen LogP contribution < -0.4 is 5.73 Å². The van der Waals surface area contributed by atoms with E-state index >= 15 is 0 Å². The minimum Gasteiger partial charge on any atom is -0.398 e. The standard InChI is InChI=1S/C16H17N/c1-9-4-14-13-7-11(3)10(2)6-12(13)8-15(14)16(17)5-9/h4-7H,8,17H2,1-3H3. The molecule has 0 unspecified atom stereocenters.